The van der Waals surface area contributed by atoms with Crippen molar-refractivity contribution in [3.63, 3.8) is 0 Å². The molecule has 0 spiro atoms. The van der Waals surface area contributed by atoms with Crippen molar-refractivity contribution in [3.05, 3.63) is 57.6 Å². The Hall–Kier alpha value is -3.68. The summed E-state index contributed by atoms with van der Waals surface area (Å²) in [7, 11) is 0. The van der Waals surface area contributed by atoms with Gasteiger partial charge in [-0.25, -0.2) is 19.2 Å². The van der Waals surface area contributed by atoms with E-state index in [1.54, 1.807) is 0 Å². The van der Waals surface area contributed by atoms with Gasteiger partial charge < -0.3 is 20.4 Å². The van der Waals surface area contributed by atoms with Crippen molar-refractivity contribution in [2.45, 2.75) is 13.8 Å². The predicted molar refractivity (Wildman–Crippen MR) is 89.2 cm³/mol. The molecule has 0 saturated heterocycles. The molecule has 0 atom stereocenters. The Labute approximate surface area is 147 Å². The van der Waals surface area contributed by atoms with E-state index in [2.05, 4.69) is 0 Å². The summed E-state index contributed by atoms with van der Waals surface area (Å²) in [6.07, 6.45) is 0. The first kappa shape index (κ1) is 18.7. The van der Waals surface area contributed by atoms with Gasteiger partial charge in [-0.3, -0.25) is 0 Å². The number of hydrogen-bond donors (Lipinski definition) is 4. The summed E-state index contributed by atoms with van der Waals surface area (Å²) in [5.41, 5.74) is -1.78. The standard InChI is InChI=1S/C18H14O8/c1-7-8(2)12(16(21)22)14(18(25)26)13(17(23)24)11(7)9-4-3-5-10(6-9)15(19)20/h3-6H,1-2H3,(H,19,20)(H,21,22)(H,23,24)(H,25,26). The second-order valence-electron chi connectivity index (χ2n) is 5.55. The maximum atomic E-state index is 11.8. The minimum Gasteiger partial charge on any atom is -0.478 e. The molecule has 0 amide bonds. The lowest BCUT2D eigenvalue weighted by atomic mass is 9.84. The maximum absolute atomic E-state index is 11.8. The molecule has 0 bridgehead atoms. The van der Waals surface area contributed by atoms with Gasteiger partial charge in [0.25, 0.3) is 0 Å². The quantitative estimate of drug-likeness (QED) is 0.637. The van der Waals surface area contributed by atoms with E-state index in [1.807, 2.05) is 0 Å². The minimum absolute atomic E-state index is 0.0273. The second-order valence-corrected chi connectivity index (χ2v) is 5.55. The van der Waals surface area contributed by atoms with Crippen LogP contribution in [0, 0.1) is 13.8 Å². The molecule has 0 unspecified atom stereocenters. The molecule has 8 nitrogen and oxygen atoms in total. The van der Waals surface area contributed by atoms with Crippen molar-refractivity contribution in [2.75, 3.05) is 0 Å². The molecule has 0 fully saturated rings. The number of rotatable bonds is 5. The van der Waals surface area contributed by atoms with Crippen LogP contribution in [0.3, 0.4) is 0 Å². The predicted octanol–water partition coefficient (Wildman–Crippen LogP) is 2.76. The Balaban J connectivity index is 3.06. The summed E-state index contributed by atoms with van der Waals surface area (Å²) < 4.78 is 0. The smallest absolute Gasteiger partial charge is 0.337 e. The van der Waals surface area contributed by atoms with Crippen molar-refractivity contribution >= 4 is 23.9 Å². The third-order valence-corrected chi connectivity index (χ3v) is 4.10. The Morgan fingerprint density at radius 3 is 1.69 bits per heavy atom. The lowest BCUT2D eigenvalue weighted by molar-refractivity contribution is 0.0633. The van der Waals surface area contributed by atoms with Gasteiger partial charge in [0, 0.05) is 5.56 Å². The molecule has 2 aromatic rings. The summed E-state index contributed by atoms with van der Waals surface area (Å²) in [5.74, 6) is -6.11. The van der Waals surface area contributed by atoms with Gasteiger partial charge in [-0.05, 0) is 42.7 Å². The summed E-state index contributed by atoms with van der Waals surface area (Å²) in [5, 5.41) is 37.5. The molecule has 2 rings (SSSR count). The van der Waals surface area contributed by atoms with Crippen molar-refractivity contribution in [3.8, 4) is 11.1 Å². The first-order valence-corrected chi connectivity index (χ1v) is 7.28. The Kier molecular flexibility index (Phi) is 4.79. The third-order valence-electron chi connectivity index (χ3n) is 4.10. The fourth-order valence-corrected chi connectivity index (χ4v) is 2.86. The lowest BCUT2D eigenvalue weighted by Crippen LogP contribution is -2.19. The number of benzene rings is 2. The van der Waals surface area contributed by atoms with E-state index in [9.17, 15) is 34.5 Å². The van der Waals surface area contributed by atoms with Gasteiger partial charge >= 0.3 is 23.9 Å². The lowest BCUT2D eigenvalue weighted by Gasteiger charge is -2.19. The highest BCUT2D eigenvalue weighted by molar-refractivity contribution is 6.14. The van der Waals surface area contributed by atoms with E-state index in [1.165, 1.54) is 38.1 Å². The highest BCUT2D eigenvalue weighted by Gasteiger charge is 2.31. The Morgan fingerprint density at radius 2 is 1.23 bits per heavy atom. The topological polar surface area (TPSA) is 149 Å². The molecule has 8 heteroatoms. The normalized spacial score (nSPS) is 10.4. The Morgan fingerprint density at radius 1 is 0.692 bits per heavy atom. The fourth-order valence-electron chi connectivity index (χ4n) is 2.86. The zero-order chi connectivity index (χ0) is 19.8. The van der Waals surface area contributed by atoms with Crippen molar-refractivity contribution in [1.82, 2.24) is 0 Å². The van der Waals surface area contributed by atoms with Gasteiger partial charge in [-0.1, -0.05) is 12.1 Å². The van der Waals surface area contributed by atoms with Gasteiger partial charge in [-0.15, -0.1) is 0 Å². The van der Waals surface area contributed by atoms with Crippen LogP contribution < -0.4 is 0 Å². The number of aromatic carboxylic acids is 4. The van der Waals surface area contributed by atoms with Crippen LogP contribution in [0.4, 0.5) is 0 Å². The van der Waals surface area contributed by atoms with Crippen molar-refractivity contribution in [2.24, 2.45) is 0 Å². The van der Waals surface area contributed by atoms with Gasteiger partial charge in [0.2, 0.25) is 0 Å². The van der Waals surface area contributed by atoms with Crippen LogP contribution in [0.1, 0.15) is 52.6 Å². The molecule has 26 heavy (non-hydrogen) atoms. The highest BCUT2D eigenvalue weighted by atomic mass is 16.4. The average Bonchev–Trinajstić information content (AvgIpc) is 2.55. The van der Waals surface area contributed by atoms with Crippen LogP contribution in [0.2, 0.25) is 0 Å². The number of carbonyl (C=O) groups is 4. The van der Waals surface area contributed by atoms with E-state index in [4.69, 9.17) is 5.11 Å². The molecule has 0 saturated carbocycles. The molecule has 2 aromatic carbocycles. The molecule has 0 radical (unpaired) electrons. The second kappa shape index (κ2) is 6.67. The van der Waals surface area contributed by atoms with Crippen LogP contribution in [-0.2, 0) is 0 Å². The van der Waals surface area contributed by atoms with Gasteiger partial charge in [0.15, 0.2) is 0 Å². The molecule has 4 N–H and O–H groups in total. The molecule has 0 aliphatic heterocycles. The minimum atomic E-state index is -1.70. The van der Waals surface area contributed by atoms with Crippen LogP contribution in [0.25, 0.3) is 11.1 Å². The largest absolute Gasteiger partial charge is 0.478 e. The van der Waals surface area contributed by atoms with E-state index in [0.29, 0.717) is 0 Å². The zero-order valence-electron chi connectivity index (χ0n) is 13.7. The summed E-state index contributed by atoms with van der Waals surface area (Å²) in [6, 6.07) is 5.35. The van der Waals surface area contributed by atoms with E-state index in [0.717, 1.165) is 0 Å². The summed E-state index contributed by atoms with van der Waals surface area (Å²) in [4.78, 5) is 46.2. The number of hydrogen-bond acceptors (Lipinski definition) is 4. The van der Waals surface area contributed by atoms with Crippen LogP contribution in [-0.4, -0.2) is 44.3 Å². The molecule has 134 valence electrons. The molecule has 0 aliphatic carbocycles. The first-order chi connectivity index (χ1) is 12.1. The number of carboxylic acid groups (broad SMARTS) is 4. The molecular weight excluding hydrogens is 344 g/mol. The monoisotopic (exact) mass is 358 g/mol. The van der Waals surface area contributed by atoms with E-state index >= 15 is 0 Å². The van der Waals surface area contributed by atoms with Gasteiger partial charge in [0.1, 0.15) is 0 Å². The van der Waals surface area contributed by atoms with Crippen molar-refractivity contribution < 1.29 is 39.6 Å². The zero-order valence-corrected chi connectivity index (χ0v) is 13.7. The fraction of sp³-hybridized carbons (Fsp3) is 0.111. The molecular formula is C18H14O8. The SMILES string of the molecule is Cc1c(C)c(-c2cccc(C(=O)O)c2)c(C(=O)O)c(C(=O)O)c1C(=O)O. The average molecular weight is 358 g/mol. The maximum Gasteiger partial charge on any atom is 0.337 e. The first-order valence-electron chi connectivity index (χ1n) is 7.28. The van der Waals surface area contributed by atoms with Crippen LogP contribution in [0.5, 0.6) is 0 Å². The van der Waals surface area contributed by atoms with Crippen molar-refractivity contribution in [1.29, 1.82) is 0 Å². The van der Waals surface area contributed by atoms with Gasteiger partial charge in [0.05, 0.1) is 22.3 Å². The number of carboxylic acids is 4. The molecule has 0 aliphatic rings. The summed E-state index contributed by atoms with van der Waals surface area (Å²) in [6.45, 7) is 2.84. The summed E-state index contributed by atoms with van der Waals surface area (Å²) >= 11 is 0. The van der Waals surface area contributed by atoms with E-state index < -0.39 is 40.6 Å². The van der Waals surface area contributed by atoms with Crippen LogP contribution in [0.15, 0.2) is 24.3 Å². The molecule has 0 aromatic heterocycles. The molecule has 0 heterocycles. The van der Waals surface area contributed by atoms with Crippen LogP contribution >= 0.6 is 0 Å². The highest BCUT2D eigenvalue weighted by Crippen LogP contribution is 2.36. The Bertz CT molecular complexity index is 972. The van der Waals surface area contributed by atoms with E-state index in [-0.39, 0.29) is 27.8 Å². The van der Waals surface area contributed by atoms with Gasteiger partial charge in [-0.2, -0.15) is 0 Å². The third kappa shape index (κ3) is 3.00.